The van der Waals surface area contributed by atoms with Crippen molar-refractivity contribution < 1.29 is 22.3 Å². The molecule has 0 unspecified atom stereocenters. The molecular formula is C20H24FN3O4S. The molecule has 156 valence electrons. The van der Waals surface area contributed by atoms with Crippen LogP contribution in [0.25, 0.3) is 0 Å². The van der Waals surface area contributed by atoms with Crippen LogP contribution in [0.15, 0.2) is 53.4 Å². The van der Waals surface area contributed by atoms with E-state index < -0.39 is 28.3 Å². The van der Waals surface area contributed by atoms with Crippen LogP contribution in [0.2, 0.25) is 0 Å². The van der Waals surface area contributed by atoms with Crippen molar-refractivity contribution in [1.29, 1.82) is 0 Å². The van der Waals surface area contributed by atoms with Crippen LogP contribution in [0.1, 0.15) is 11.1 Å². The first-order chi connectivity index (χ1) is 13.9. The summed E-state index contributed by atoms with van der Waals surface area (Å²) in [6.45, 7) is 3.84. The molecule has 29 heavy (non-hydrogen) atoms. The molecule has 0 spiro atoms. The monoisotopic (exact) mass is 421 g/mol. The van der Waals surface area contributed by atoms with Crippen molar-refractivity contribution >= 4 is 15.9 Å². The van der Waals surface area contributed by atoms with E-state index in [0.717, 1.165) is 55.0 Å². The van der Waals surface area contributed by atoms with Gasteiger partial charge in [0.2, 0.25) is 15.9 Å². The SMILES string of the molecule is O=C(CNS(=O)(=O)c1ccc(F)cc1)NCc1ccccc1CN1CCOCC1. The van der Waals surface area contributed by atoms with Crippen LogP contribution in [-0.4, -0.2) is 52.1 Å². The van der Waals surface area contributed by atoms with Crippen molar-refractivity contribution in [3.8, 4) is 0 Å². The fourth-order valence-corrected chi connectivity index (χ4v) is 3.98. The molecule has 0 aliphatic carbocycles. The van der Waals surface area contributed by atoms with E-state index in [1.807, 2.05) is 24.3 Å². The Kier molecular flexibility index (Phi) is 7.32. The summed E-state index contributed by atoms with van der Waals surface area (Å²) in [7, 11) is -3.88. The van der Waals surface area contributed by atoms with Crippen LogP contribution in [0.4, 0.5) is 4.39 Å². The number of rotatable bonds is 8. The number of hydrogen-bond donors (Lipinski definition) is 2. The highest BCUT2D eigenvalue weighted by molar-refractivity contribution is 7.89. The first-order valence-electron chi connectivity index (χ1n) is 9.33. The Labute approximate surface area is 169 Å². The van der Waals surface area contributed by atoms with Crippen molar-refractivity contribution in [2.24, 2.45) is 0 Å². The van der Waals surface area contributed by atoms with Crippen LogP contribution in [0, 0.1) is 5.82 Å². The summed E-state index contributed by atoms with van der Waals surface area (Å²) in [5.41, 5.74) is 2.09. The number of nitrogens with zero attached hydrogens (tertiary/aromatic N) is 1. The predicted octanol–water partition coefficient (Wildman–Crippen LogP) is 1.25. The van der Waals surface area contributed by atoms with E-state index in [1.54, 1.807) is 0 Å². The summed E-state index contributed by atoms with van der Waals surface area (Å²) in [4.78, 5) is 14.3. The topological polar surface area (TPSA) is 87.7 Å². The number of carbonyl (C=O) groups is 1. The van der Waals surface area contributed by atoms with Crippen molar-refractivity contribution in [3.05, 3.63) is 65.5 Å². The van der Waals surface area contributed by atoms with E-state index in [-0.39, 0.29) is 4.90 Å². The lowest BCUT2D eigenvalue weighted by Crippen LogP contribution is -2.37. The molecule has 1 aliphatic rings. The fraction of sp³-hybridized carbons (Fsp3) is 0.350. The summed E-state index contributed by atoms with van der Waals surface area (Å²) in [6, 6.07) is 12.2. The minimum absolute atomic E-state index is 0.0949. The molecule has 9 heteroatoms. The van der Waals surface area contributed by atoms with Gasteiger partial charge in [-0.3, -0.25) is 9.69 Å². The molecule has 1 amide bonds. The minimum atomic E-state index is -3.88. The van der Waals surface area contributed by atoms with Gasteiger partial charge in [0.05, 0.1) is 24.7 Å². The van der Waals surface area contributed by atoms with Gasteiger partial charge in [-0.05, 0) is 35.4 Å². The molecule has 0 bridgehead atoms. The van der Waals surface area contributed by atoms with Crippen molar-refractivity contribution in [2.75, 3.05) is 32.8 Å². The number of hydrogen-bond acceptors (Lipinski definition) is 5. The molecule has 0 radical (unpaired) electrons. The first-order valence-corrected chi connectivity index (χ1v) is 10.8. The maximum absolute atomic E-state index is 12.9. The third-order valence-electron chi connectivity index (χ3n) is 4.64. The second-order valence-electron chi connectivity index (χ2n) is 6.71. The van der Waals surface area contributed by atoms with Gasteiger partial charge in [-0.15, -0.1) is 0 Å². The first kappa shape index (κ1) is 21.4. The number of benzene rings is 2. The fourth-order valence-electron chi connectivity index (χ4n) is 3.00. The Morgan fingerprint density at radius 3 is 2.38 bits per heavy atom. The van der Waals surface area contributed by atoms with Crippen molar-refractivity contribution in [1.82, 2.24) is 14.9 Å². The predicted molar refractivity (Wildman–Crippen MR) is 106 cm³/mol. The van der Waals surface area contributed by atoms with Gasteiger partial charge in [0.15, 0.2) is 0 Å². The quantitative estimate of drug-likeness (QED) is 0.670. The van der Waals surface area contributed by atoms with E-state index in [0.29, 0.717) is 19.8 Å². The molecule has 1 heterocycles. The van der Waals surface area contributed by atoms with E-state index in [2.05, 4.69) is 14.9 Å². The normalized spacial score (nSPS) is 15.2. The number of halogens is 1. The average Bonchev–Trinajstić information content (AvgIpc) is 2.73. The number of morpholine rings is 1. The number of sulfonamides is 1. The summed E-state index contributed by atoms with van der Waals surface area (Å²) in [5, 5.41) is 2.74. The molecule has 3 rings (SSSR count). The van der Waals surface area contributed by atoms with Crippen LogP contribution < -0.4 is 10.0 Å². The number of amides is 1. The number of nitrogens with one attached hydrogen (secondary N) is 2. The van der Waals surface area contributed by atoms with Gasteiger partial charge in [0, 0.05) is 26.2 Å². The molecule has 1 saturated heterocycles. The van der Waals surface area contributed by atoms with Gasteiger partial charge < -0.3 is 10.1 Å². The maximum atomic E-state index is 12.9. The molecule has 0 atom stereocenters. The second kappa shape index (κ2) is 9.93. The zero-order valence-corrected chi connectivity index (χ0v) is 16.8. The van der Waals surface area contributed by atoms with Crippen LogP contribution in [-0.2, 0) is 32.6 Å². The highest BCUT2D eigenvalue weighted by Crippen LogP contribution is 2.13. The van der Waals surface area contributed by atoms with Gasteiger partial charge in [-0.1, -0.05) is 24.3 Å². The molecule has 2 aromatic carbocycles. The summed E-state index contributed by atoms with van der Waals surface area (Å²) in [6.07, 6.45) is 0. The van der Waals surface area contributed by atoms with Gasteiger partial charge in [0.25, 0.3) is 0 Å². The van der Waals surface area contributed by atoms with Gasteiger partial charge >= 0.3 is 0 Å². The number of ether oxygens (including phenoxy) is 1. The van der Waals surface area contributed by atoms with E-state index >= 15 is 0 Å². The molecule has 2 aromatic rings. The largest absolute Gasteiger partial charge is 0.379 e. The lowest BCUT2D eigenvalue weighted by molar-refractivity contribution is -0.120. The molecule has 0 aromatic heterocycles. The summed E-state index contributed by atoms with van der Waals surface area (Å²) >= 11 is 0. The minimum Gasteiger partial charge on any atom is -0.379 e. The van der Waals surface area contributed by atoms with E-state index in [9.17, 15) is 17.6 Å². The summed E-state index contributed by atoms with van der Waals surface area (Å²) in [5.74, 6) is -0.978. The smallest absolute Gasteiger partial charge is 0.241 e. The maximum Gasteiger partial charge on any atom is 0.241 e. The standard InChI is InChI=1S/C20H24FN3O4S/c21-18-5-7-19(8-6-18)29(26,27)23-14-20(25)22-13-16-3-1-2-4-17(16)15-24-9-11-28-12-10-24/h1-8,23H,9-15H2,(H,22,25). The second-order valence-corrected chi connectivity index (χ2v) is 8.48. The summed E-state index contributed by atoms with van der Waals surface area (Å²) < 4.78 is 44.9. The highest BCUT2D eigenvalue weighted by Gasteiger charge is 2.16. The van der Waals surface area contributed by atoms with Crippen LogP contribution in [0.5, 0.6) is 0 Å². The molecule has 2 N–H and O–H groups in total. The Morgan fingerprint density at radius 2 is 1.69 bits per heavy atom. The lowest BCUT2D eigenvalue weighted by atomic mass is 10.1. The Balaban J connectivity index is 1.52. The van der Waals surface area contributed by atoms with Gasteiger partial charge in [-0.25, -0.2) is 17.5 Å². The number of carbonyl (C=O) groups excluding carboxylic acids is 1. The zero-order chi connectivity index (χ0) is 20.7. The Morgan fingerprint density at radius 1 is 1.03 bits per heavy atom. The molecule has 1 aliphatic heterocycles. The van der Waals surface area contributed by atoms with E-state index in [4.69, 9.17) is 4.74 Å². The highest BCUT2D eigenvalue weighted by atomic mass is 32.2. The third-order valence-corrected chi connectivity index (χ3v) is 6.06. The molecule has 0 saturated carbocycles. The van der Waals surface area contributed by atoms with Crippen molar-refractivity contribution in [3.63, 3.8) is 0 Å². The lowest BCUT2D eigenvalue weighted by Gasteiger charge is -2.27. The van der Waals surface area contributed by atoms with E-state index in [1.165, 1.54) is 0 Å². The third kappa shape index (κ3) is 6.33. The van der Waals surface area contributed by atoms with Crippen LogP contribution in [0.3, 0.4) is 0 Å². The average molecular weight is 421 g/mol. The van der Waals surface area contributed by atoms with Gasteiger partial charge in [0.1, 0.15) is 5.82 Å². The molecule has 1 fully saturated rings. The Bertz CT molecular complexity index is 929. The van der Waals surface area contributed by atoms with Gasteiger partial charge in [-0.2, -0.15) is 0 Å². The van der Waals surface area contributed by atoms with Crippen molar-refractivity contribution in [2.45, 2.75) is 18.0 Å². The molecular weight excluding hydrogens is 397 g/mol. The molecule has 7 nitrogen and oxygen atoms in total. The zero-order valence-electron chi connectivity index (χ0n) is 15.9. The Hall–Kier alpha value is -2.33. The van der Waals surface area contributed by atoms with Crippen LogP contribution >= 0.6 is 0 Å².